The molecule has 0 unspecified atom stereocenters. The summed E-state index contributed by atoms with van der Waals surface area (Å²) >= 11 is 0. The Morgan fingerprint density at radius 1 is 0.840 bits per heavy atom. The van der Waals surface area contributed by atoms with Gasteiger partial charge in [0.1, 0.15) is 0 Å². The Morgan fingerprint density at radius 2 is 1.48 bits per heavy atom. The summed E-state index contributed by atoms with van der Waals surface area (Å²) < 4.78 is 0. The first-order valence-corrected chi connectivity index (χ1v) is 8.38. The van der Waals surface area contributed by atoms with Crippen LogP contribution in [0.2, 0.25) is 0 Å². The summed E-state index contributed by atoms with van der Waals surface area (Å²) in [5, 5.41) is 8.24. The third-order valence-electron chi connectivity index (χ3n) is 4.82. The molecule has 0 fully saturated rings. The standard InChI is InChI=1S/C23H20N2/c1-3-17-15(2)22(24)23(20-13-7-6-12-19(17)20)25-21-14-8-10-16-9-4-5-11-18(16)21/h3-14,25H,1,24H2,2H3. The molecule has 4 aromatic carbocycles. The molecular formula is C23H20N2. The van der Waals surface area contributed by atoms with Gasteiger partial charge in [-0.25, -0.2) is 0 Å². The lowest BCUT2D eigenvalue weighted by atomic mass is 9.95. The molecule has 2 heteroatoms. The maximum atomic E-state index is 6.51. The van der Waals surface area contributed by atoms with E-state index < -0.39 is 0 Å². The van der Waals surface area contributed by atoms with Crippen LogP contribution in [-0.2, 0) is 0 Å². The summed E-state index contributed by atoms with van der Waals surface area (Å²) in [6.07, 6.45) is 1.88. The molecular weight excluding hydrogens is 304 g/mol. The second kappa shape index (κ2) is 5.99. The Labute approximate surface area is 147 Å². The highest BCUT2D eigenvalue weighted by Gasteiger charge is 2.14. The molecule has 2 nitrogen and oxygen atoms in total. The highest BCUT2D eigenvalue weighted by atomic mass is 14.9. The summed E-state index contributed by atoms with van der Waals surface area (Å²) in [4.78, 5) is 0. The highest BCUT2D eigenvalue weighted by Crippen LogP contribution is 2.39. The molecule has 0 radical (unpaired) electrons. The van der Waals surface area contributed by atoms with Crippen LogP contribution in [0.1, 0.15) is 11.1 Å². The zero-order valence-electron chi connectivity index (χ0n) is 14.2. The number of hydrogen-bond donors (Lipinski definition) is 2. The zero-order valence-corrected chi connectivity index (χ0v) is 14.2. The van der Waals surface area contributed by atoms with Gasteiger partial charge in [0.15, 0.2) is 0 Å². The summed E-state index contributed by atoms with van der Waals surface area (Å²) in [5.74, 6) is 0. The van der Waals surface area contributed by atoms with Gasteiger partial charge < -0.3 is 11.1 Å². The molecule has 0 aliphatic carbocycles. The van der Waals surface area contributed by atoms with E-state index in [4.69, 9.17) is 5.73 Å². The first kappa shape index (κ1) is 15.3. The fraction of sp³-hybridized carbons (Fsp3) is 0.0435. The van der Waals surface area contributed by atoms with Crippen LogP contribution in [0, 0.1) is 6.92 Å². The number of fused-ring (bicyclic) bond motifs is 2. The normalized spacial score (nSPS) is 10.9. The zero-order chi connectivity index (χ0) is 17.4. The Kier molecular flexibility index (Phi) is 3.66. The van der Waals surface area contributed by atoms with Crippen molar-refractivity contribution in [2.75, 3.05) is 11.1 Å². The van der Waals surface area contributed by atoms with Gasteiger partial charge in [-0.3, -0.25) is 0 Å². The van der Waals surface area contributed by atoms with E-state index in [1.54, 1.807) is 0 Å². The van der Waals surface area contributed by atoms with Crippen LogP contribution in [0.4, 0.5) is 17.1 Å². The van der Waals surface area contributed by atoms with Crippen molar-refractivity contribution in [3.05, 3.63) is 84.4 Å². The van der Waals surface area contributed by atoms with Crippen molar-refractivity contribution in [1.29, 1.82) is 0 Å². The number of nitrogen functional groups attached to an aromatic ring is 1. The molecule has 3 N–H and O–H groups in total. The maximum Gasteiger partial charge on any atom is 0.0700 e. The van der Waals surface area contributed by atoms with Gasteiger partial charge in [-0.2, -0.15) is 0 Å². The van der Waals surface area contributed by atoms with Crippen molar-refractivity contribution in [2.45, 2.75) is 6.92 Å². The lowest BCUT2D eigenvalue weighted by Crippen LogP contribution is -2.02. The van der Waals surface area contributed by atoms with Crippen LogP contribution < -0.4 is 11.1 Å². The van der Waals surface area contributed by atoms with Gasteiger partial charge in [0.05, 0.1) is 11.4 Å². The van der Waals surface area contributed by atoms with Gasteiger partial charge in [-0.15, -0.1) is 0 Å². The Balaban J connectivity index is 1.98. The number of rotatable bonds is 3. The summed E-state index contributed by atoms with van der Waals surface area (Å²) in [5.41, 5.74) is 11.4. The molecule has 4 rings (SSSR count). The number of nitrogens with one attached hydrogen (secondary N) is 1. The van der Waals surface area contributed by atoms with Gasteiger partial charge in [0.2, 0.25) is 0 Å². The lowest BCUT2D eigenvalue weighted by molar-refractivity contribution is 1.46. The van der Waals surface area contributed by atoms with E-state index in [9.17, 15) is 0 Å². The summed E-state index contributed by atoms with van der Waals surface area (Å²) in [7, 11) is 0. The topological polar surface area (TPSA) is 38.0 Å². The van der Waals surface area contributed by atoms with Crippen LogP contribution in [0.25, 0.3) is 27.6 Å². The molecule has 0 amide bonds. The maximum absolute atomic E-state index is 6.51. The summed E-state index contributed by atoms with van der Waals surface area (Å²) in [6.45, 7) is 6.01. The fourth-order valence-corrected chi connectivity index (χ4v) is 3.48. The minimum atomic E-state index is 0.765. The lowest BCUT2D eigenvalue weighted by Gasteiger charge is -2.19. The monoisotopic (exact) mass is 324 g/mol. The van der Waals surface area contributed by atoms with Crippen LogP contribution in [0.3, 0.4) is 0 Å². The van der Waals surface area contributed by atoms with Crippen molar-refractivity contribution >= 4 is 44.7 Å². The molecule has 122 valence electrons. The van der Waals surface area contributed by atoms with Gasteiger partial charge in [-0.1, -0.05) is 73.3 Å². The van der Waals surface area contributed by atoms with Crippen molar-refractivity contribution in [3.63, 3.8) is 0 Å². The minimum absolute atomic E-state index is 0.765. The molecule has 0 aliphatic heterocycles. The van der Waals surface area contributed by atoms with E-state index in [1.807, 2.05) is 25.1 Å². The van der Waals surface area contributed by atoms with E-state index in [1.165, 1.54) is 10.8 Å². The van der Waals surface area contributed by atoms with Crippen LogP contribution in [0.15, 0.2) is 73.3 Å². The minimum Gasteiger partial charge on any atom is -0.397 e. The second-order valence-corrected chi connectivity index (χ2v) is 6.23. The first-order chi connectivity index (χ1) is 12.2. The van der Waals surface area contributed by atoms with E-state index >= 15 is 0 Å². The van der Waals surface area contributed by atoms with Crippen molar-refractivity contribution < 1.29 is 0 Å². The van der Waals surface area contributed by atoms with Crippen LogP contribution >= 0.6 is 0 Å². The molecule has 4 aromatic rings. The molecule has 25 heavy (non-hydrogen) atoms. The van der Waals surface area contributed by atoms with E-state index in [0.717, 1.165) is 39.0 Å². The average molecular weight is 324 g/mol. The van der Waals surface area contributed by atoms with Crippen molar-refractivity contribution in [3.8, 4) is 0 Å². The van der Waals surface area contributed by atoms with Crippen LogP contribution in [0.5, 0.6) is 0 Å². The average Bonchev–Trinajstić information content (AvgIpc) is 2.66. The largest absolute Gasteiger partial charge is 0.397 e. The SMILES string of the molecule is C=Cc1c(C)c(N)c(Nc2cccc3ccccc23)c2ccccc12. The molecule has 0 aliphatic rings. The molecule has 0 bridgehead atoms. The first-order valence-electron chi connectivity index (χ1n) is 8.38. The summed E-state index contributed by atoms with van der Waals surface area (Å²) in [6, 6.07) is 22.9. The Bertz CT molecular complexity index is 1100. The number of anilines is 3. The molecule has 0 heterocycles. The third kappa shape index (κ3) is 2.43. The van der Waals surface area contributed by atoms with E-state index in [-0.39, 0.29) is 0 Å². The van der Waals surface area contributed by atoms with Gasteiger partial charge in [0.25, 0.3) is 0 Å². The van der Waals surface area contributed by atoms with Gasteiger partial charge in [0, 0.05) is 16.5 Å². The third-order valence-corrected chi connectivity index (χ3v) is 4.82. The number of nitrogens with two attached hydrogens (primary N) is 1. The second-order valence-electron chi connectivity index (χ2n) is 6.23. The predicted molar refractivity (Wildman–Crippen MR) is 110 cm³/mol. The van der Waals surface area contributed by atoms with E-state index in [0.29, 0.717) is 0 Å². The highest BCUT2D eigenvalue weighted by molar-refractivity contribution is 6.08. The van der Waals surface area contributed by atoms with Gasteiger partial charge >= 0.3 is 0 Å². The Hall–Kier alpha value is -3.26. The number of benzene rings is 4. The van der Waals surface area contributed by atoms with Crippen LogP contribution in [-0.4, -0.2) is 0 Å². The quantitative estimate of drug-likeness (QED) is 0.436. The molecule has 0 saturated carbocycles. The van der Waals surface area contributed by atoms with Crippen molar-refractivity contribution in [1.82, 2.24) is 0 Å². The molecule has 0 saturated heterocycles. The smallest absolute Gasteiger partial charge is 0.0700 e. The molecule has 0 atom stereocenters. The molecule has 0 spiro atoms. The van der Waals surface area contributed by atoms with Gasteiger partial charge in [-0.05, 0) is 34.9 Å². The predicted octanol–water partition coefficient (Wildman–Crippen LogP) is 6.27. The number of hydrogen-bond acceptors (Lipinski definition) is 2. The van der Waals surface area contributed by atoms with E-state index in [2.05, 4.69) is 66.5 Å². The molecule has 0 aromatic heterocycles. The van der Waals surface area contributed by atoms with Crippen molar-refractivity contribution in [2.24, 2.45) is 0 Å². The Morgan fingerprint density at radius 3 is 2.24 bits per heavy atom. The fourth-order valence-electron chi connectivity index (χ4n) is 3.48.